The number of benzene rings is 1. The monoisotopic (exact) mass is 358 g/mol. The molecule has 2 aromatic rings. The highest BCUT2D eigenvalue weighted by molar-refractivity contribution is 6.07. The van der Waals surface area contributed by atoms with Gasteiger partial charge in [-0.25, -0.2) is 4.98 Å². The number of methoxy groups -OCH3 is 1. The third-order valence-electron chi connectivity index (χ3n) is 4.80. The maximum Gasteiger partial charge on any atom is 0.293 e. The van der Waals surface area contributed by atoms with Crippen molar-refractivity contribution in [3.63, 3.8) is 0 Å². The van der Waals surface area contributed by atoms with E-state index in [1.54, 1.807) is 37.1 Å². The van der Waals surface area contributed by atoms with Gasteiger partial charge in [-0.1, -0.05) is 0 Å². The fourth-order valence-electron chi connectivity index (χ4n) is 3.37. The molecule has 1 N–H and O–H groups in total. The van der Waals surface area contributed by atoms with Gasteiger partial charge in [0, 0.05) is 44.2 Å². The average Bonchev–Trinajstić information content (AvgIpc) is 3.07. The number of nitro groups is 1. The van der Waals surface area contributed by atoms with Crippen LogP contribution < -0.4 is 5.32 Å². The van der Waals surface area contributed by atoms with E-state index in [-0.39, 0.29) is 35.0 Å². The Hall–Kier alpha value is -2.74. The highest BCUT2D eigenvalue weighted by atomic mass is 16.6. The minimum atomic E-state index is -0.464. The van der Waals surface area contributed by atoms with E-state index >= 15 is 0 Å². The zero-order valence-electron chi connectivity index (χ0n) is 14.8. The first kappa shape index (κ1) is 18.1. The number of nitrogens with one attached hydrogen (secondary N) is 1. The van der Waals surface area contributed by atoms with Crippen molar-refractivity contribution in [1.29, 1.82) is 0 Å². The SMILES string of the molecule is COC1CCCC(Nc2ccc(C(=O)c3nccn3C)cc2[N+](=O)[O-])C1. The van der Waals surface area contributed by atoms with E-state index in [4.69, 9.17) is 4.74 Å². The number of hydrogen-bond donors (Lipinski definition) is 1. The topological polar surface area (TPSA) is 99.3 Å². The molecule has 1 fully saturated rings. The second kappa shape index (κ2) is 7.65. The van der Waals surface area contributed by atoms with Gasteiger partial charge in [-0.05, 0) is 37.8 Å². The molecule has 1 aliphatic rings. The summed E-state index contributed by atoms with van der Waals surface area (Å²) in [6, 6.07) is 4.63. The first-order valence-corrected chi connectivity index (χ1v) is 8.59. The number of ketones is 1. The lowest BCUT2D eigenvalue weighted by Gasteiger charge is -2.29. The molecule has 1 aromatic heterocycles. The van der Waals surface area contributed by atoms with Crippen molar-refractivity contribution in [3.8, 4) is 0 Å². The normalized spacial score (nSPS) is 19.9. The van der Waals surface area contributed by atoms with Gasteiger partial charge < -0.3 is 14.6 Å². The molecule has 0 bridgehead atoms. The lowest BCUT2D eigenvalue weighted by Crippen LogP contribution is -2.31. The molecule has 1 aliphatic carbocycles. The van der Waals surface area contributed by atoms with Crippen LogP contribution >= 0.6 is 0 Å². The van der Waals surface area contributed by atoms with E-state index in [9.17, 15) is 14.9 Å². The summed E-state index contributed by atoms with van der Waals surface area (Å²) in [6.07, 6.45) is 7.12. The van der Waals surface area contributed by atoms with Gasteiger partial charge in [-0.3, -0.25) is 14.9 Å². The predicted octanol–water partition coefficient (Wildman–Crippen LogP) is 2.93. The number of ether oxygens (including phenoxy) is 1. The first-order valence-electron chi connectivity index (χ1n) is 8.59. The van der Waals surface area contributed by atoms with Crippen LogP contribution in [0.15, 0.2) is 30.6 Å². The van der Waals surface area contributed by atoms with Crippen LogP contribution in [0.5, 0.6) is 0 Å². The van der Waals surface area contributed by atoms with Gasteiger partial charge >= 0.3 is 0 Å². The third-order valence-corrected chi connectivity index (χ3v) is 4.80. The van der Waals surface area contributed by atoms with Crippen LogP contribution in [0.25, 0.3) is 0 Å². The standard InChI is InChI=1S/C18H22N4O4/c1-21-9-8-19-18(21)17(23)12-6-7-15(16(10-12)22(24)25)20-13-4-3-5-14(11-13)26-2/h6-10,13-14,20H,3-5,11H2,1-2H3. The summed E-state index contributed by atoms with van der Waals surface area (Å²) in [5.74, 6) is -0.0977. The van der Waals surface area contributed by atoms with Gasteiger partial charge in [-0.2, -0.15) is 0 Å². The molecule has 1 heterocycles. The Bertz CT molecular complexity index is 817. The van der Waals surface area contributed by atoms with E-state index < -0.39 is 4.92 Å². The van der Waals surface area contributed by atoms with Crippen molar-refractivity contribution in [3.05, 3.63) is 52.1 Å². The predicted molar refractivity (Wildman–Crippen MR) is 96.4 cm³/mol. The molecule has 138 valence electrons. The Morgan fingerprint density at radius 2 is 2.23 bits per heavy atom. The summed E-state index contributed by atoms with van der Waals surface area (Å²) in [5.41, 5.74) is 0.563. The van der Waals surface area contributed by atoms with Gasteiger partial charge in [0.1, 0.15) is 5.69 Å². The lowest BCUT2D eigenvalue weighted by molar-refractivity contribution is -0.384. The minimum absolute atomic E-state index is 0.107. The molecule has 3 rings (SSSR count). The number of rotatable bonds is 6. The number of carbonyl (C=O) groups excluding carboxylic acids is 1. The fraction of sp³-hybridized carbons (Fsp3) is 0.444. The molecule has 0 aliphatic heterocycles. The number of nitro benzene ring substituents is 1. The van der Waals surface area contributed by atoms with Crippen LogP contribution in [0.2, 0.25) is 0 Å². The van der Waals surface area contributed by atoms with Crippen molar-refractivity contribution in [2.45, 2.75) is 37.8 Å². The van der Waals surface area contributed by atoms with Crippen LogP contribution in [0.3, 0.4) is 0 Å². The molecule has 8 heteroatoms. The maximum absolute atomic E-state index is 12.5. The Labute approximate surface area is 151 Å². The second-order valence-electron chi connectivity index (χ2n) is 6.55. The molecule has 0 saturated heterocycles. The van der Waals surface area contributed by atoms with Crippen LogP contribution in [0.1, 0.15) is 41.9 Å². The quantitative estimate of drug-likeness (QED) is 0.484. The van der Waals surface area contributed by atoms with Gasteiger partial charge in [0.25, 0.3) is 5.69 Å². The van der Waals surface area contributed by atoms with Crippen molar-refractivity contribution < 1.29 is 14.5 Å². The van der Waals surface area contributed by atoms with E-state index in [1.165, 1.54) is 12.3 Å². The molecule has 2 unspecified atom stereocenters. The van der Waals surface area contributed by atoms with E-state index in [0.717, 1.165) is 25.7 Å². The van der Waals surface area contributed by atoms with E-state index in [2.05, 4.69) is 10.3 Å². The summed E-state index contributed by atoms with van der Waals surface area (Å²) in [5, 5.41) is 14.8. The summed E-state index contributed by atoms with van der Waals surface area (Å²) >= 11 is 0. The molecule has 1 saturated carbocycles. The number of anilines is 1. The molecule has 2 atom stereocenters. The van der Waals surface area contributed by atoms with Gasteiger partial charge in [0.2, 0.25) is 5.78 Å². The highest BCUT2D eigenvalue weighted by Crippen LogP contribution is 2.30. The van der Waals surface area contributed by atoms with Crippen LogP contribution in [-0.2, 0) is 11.8 Å². The molecular formula is C18H22N4O4. The Kier molecular flexibility index (Phi) is 5.32. The van der Waals surface area contributed by atoms with E-state index in [1.807, 2.05) is 0 Å². The minimum Gasteiger partial charge on any atom is -0.381 e. The van der Waals surface area contributed by atoms with Crippen molar-refractivity contribution in [1.82, 2.24) is 9.55 Å². The zero-order valence-corrected chi connectivity index (χ0v) is 14.8. The second-order valence-corrected chi connectivity index (χ2v) is 6.55. The van der Waals surface area contributed by atoms with Gasteiger partial charge in [-0.15, -0.1) is 0 Å². The molecular weight excluding hydrogens is 336 g/mol. The van der Waals surface area contributed by atoms with Crippen molar-refractivity contribution in [2.24, 2.45) is 7.05 Å². The van der Waals surface area contributed by atoms with Crippen LogP contribution in [0, 0.1) is 10.1 Å². The summed E-state index contributed by atoms with van der Waals surface area (Å²) in [4.78, 5) is 27.6. The van der Waals surface area contributed by atoms with Crippen molar-refractivity contribution in [2.75, 3.05) is 12.4 Å². The van der Waals surface area contributed by atoms with Crippen molar-refractivity contribution >= 4 is 17.2 Å². The van der Waals surface area contributed by atoms with Gasteiger partial charge in [0.15, 0.2) is 5.82 Å². The summed E-state index contributed by atoms with van der Waals surface area (Å²) in [7, 11) is 3.40. The van der Waals surface area contributed by atoms with Gasteiger partial charge in [0.05, 0.1) is 11.0 Å². The number of hydrogen-bond acceptors (Lipinski definition) is 6. The molecule has 0 amide bonds. The lowest BCUT2D eigenvalue weighted by atomic mass is 9.92. The van der Waals surface area contributed by atoms with Crippen LogP contribution in [-0.4, -0.2) is 39.5 Å². The zero-order chi connectivity index (χ0) is 18.7. The van der Waals surface area contributed by atoms with E-state index in [0.29, 0.717) is 5.69 Å². The fourth-order valence-corrected chi connectivity index (χ4v) is 3.37. The molecule has 1 aromatic carbocycles. The van der Waals surface area contributed by atoms with Crippen LogP contribution in [0.4, 0.5) is 11.4 Å². The molecule has 26 heavy (non-hydrogen) atoms. The first-order chi connectivity index (χ1) is 12.5. The molecule has 0 spiro atoms. The maximum atomic E-state index is 12.5. The smallest absolute Gasteiger partial charge is 0.293 e. The number of carbonyl (C=O) groups is 1. The Balaban J connectivity index is 1.84. The average molecular weight is 358 g/mol. The third kappa shape index (κ3) is 3.75. The highest BCUT2D eigenvalue weighted by Gasteiger charge is 2.25. The number of aromatic nitrogens is 2. The largest absolute Gasteiger partial charge is 0.381 e. The summed E-state index contributed by atoms with van der Waals surface area (Å²) in [6.45, 7) is 0. The number of imidazole rings is 1. The molecule has 0 radical (unpaired) electrons. The number of aryl methyl sites for hydroxylation is 1. The summed E-state index contributed by atoms with van der Waals surface area (Å²) < 4.78 is 7.00. The number of nitrogens with zero attached hydrogens (tertiary/aromatic N) is 3. The Morgan fingerprint density at radius 1 is 1.42 bits per heavy atom. The molecule has 8 nitrogen and oxygen atoms in total. The Morgan fingerprint density at radius 3 is 2.88 bits per heavy atom.